The highest BCUT2D eigenvalue weighted by atomic mass is 35.5. The number of hydrogen-bond acceptors (Lipinski definition) is 5. The summed E-state index contributed by atoms with van der Waals surface area (Å²) in [6.45, 7) is 3.62. The second-order valence-electron chi connectivity index (χ2n) is 7.53. The topological polar surface area (TPSA) is 55.6 Å². The van der Waals surface area contributed by atoms with Crippen LogP contribution in [0.15, 0.2) is 23.6 Å². The van der Waals surface area contributed by atoms with Gasteiger partial charge in [-0.15, -0.1) is 21.5 Å². The summed E-state index contributed by atoms with van der Waals surface area (Å²) in [4.78, 5) is 4.71. The largest absolute Gasteiger partial charge is 0.306 e. The molecule has 2 aliphatic rings. The Labute approximate surface area is 167 Å². The number of benzene rings is 1. The van der Waals surface area contributed by atoms with Crippen molar-refractivity contribution in [3.05, 3.63) is 56.5 Å². The number of aromatic nitrogens is 4. The van der Waals surface area contributed by atoms with E-state index in [1.54, 1.807) is 11.3 Å². The van der Waals surface area contributed by atoms with Gasteiger partial charge in [-0.25, -0.2) is 4.98 Å². The molecule has 1 aliphatic carbocycles. The molecule has 7 heteroatoms. The molecule has 0 unspecified atom stereocenters. The SMILES string of the molecule is Cc1nc(C2CCC(c3nnc4n3-c3ccc(Cl)cc3CNC4)CC2)cs1. The number of fused-ring (bicyclic) bond motifs is 3. The summed E-state index contributed by atoms with van der Waals surface area (Å²) in [5, 5.41) is 16.7. The fraction of sp³-hybridized carbons (Fsp3) is 0.450. The predicted molar refractivity (Wildman–Crippen MR) is 108 cm³/mol. The first-order chi connectivity index (χ1) is 13.2. The van der Waals surface area contributed by atoms with Gasteiger partial charge in [0.15, 0.2) is 5.82 Å². The highest BCUT2D eigenvalue weighted by molar-refractivity contribution is 7.09. The van der Waals surface area contributed by atoms with E-state index in [-0.39, 0.29) is 0 Å². The number of aryl methyl sites for hydroxylation is 1. The second kappa shape index (κ2) is 7.00. The summed E-state index contributed by atoms with van der Waals surface area (Å²) in [6, 6.07) is 6.11. The fourth-order valence-electron chi connectivity index (χ4n) is 4.41. The Hall–Kier alpha value is -1.76. The van der Waals surface area contributed by atoms with E-state index in [1.807, 2.05) is 12.1 Å². The third-order valence-electron chi connectivity index (χ3n) is 5.78. The lowest BCUT2D eigenvalue weighted by Gasteiger charge is -2.27. The van der Waals surface area contributed by atoms with Crippen molar-refractivity contribution in [1.82, 2.24) is 25.1 Å². The van der Waals surface area contributed by atoms with E-state index in [1.165, 1.54) is 24.1 Å². The third kappa shape index (κ3) is 3.20. The molecule has 1 saturated carbocycles. The summed E-state index contributed by atoms with van der Waals surface area (Å²) in [5.74, 6) is 3.13. The molecule has 0 saturated heterocycles. The van der Waals surface area contributed by atoms with Gasteiger partial charge in [0.05, 0.1) is 22.9 Å². The maximum Gasteiger partial charge on any atom is 0.151 e. The van der Waals surface area contributed by atoms with E-state index in [0.717, 1.165) is 53.3 Å². The number of rotatable bonds is 2. The summed E-state index contributed by atoms with van der Waals surface area (Å²) in [7, 11) is 0. The Balaban J connectivity index is 1.43. The van der Waals surface area contributed by atoms with Crippen molar-refractivity contribution in [3.8, 4) is 5.69 Å². The molecule has 0 amide bonds. The smallest absolute Gasteiger partial charge is 0.151 e. The lowest BCUT2D eigenvalue weighted by Crippen LogP contribution is -2.17. The molecule has 1 N–H and O–H groups in total. The number of nitrogens with zero attached hydrogens (tertiary/aromatic N) is 4. The van der Waals surface area contributed by atoms with Gasteiger partial charge >= 0.3 is 0 Å². The van der Waals surface area contributed by atoms with Gasteiger partial charge in [-0.3, -0.25) is 4.57 Å². The van der Waals surface area contributed by atoms with Gasteiger partial charge in [0.25, 0.3) is 0 Å². The monoisotopic (exact) mass is 399 g/mol. The molecule has 27 heavy (non-hydrogen) atoms. The molecule has 1 aliphatic heterocycles. The van der Waals surface area contributed by atoms with Gasteiger partial charge in [0.2, 0.25) is 0 Å². The molecule has 3 heterocycles. The van der Waals surface area contributed by atoms with Crippen LogP contribution in [-0.4, -0.2) is 19.7 Å². The lowest BCUT2D eigenvalue weighted by atomic mass is 9.80. The first kappa shape index (κ1) is 17.3. The Morgan fingerprint density at radius 3 is 2.70 bits per heavy atom. The first-order valence-corrected chi connectivity index (χ1v) is 10.8. The molecule has 5 nitrogen and oxygen atoms in total. The van der Waals surface area contributed by atoms with Crippen LogP contribution in [-0.2, 0) is 13.1 Å². The summed E-state index contributed by atoms with van der Waals surface area (Å²) in [5.41, 5.74) is 3.64. The van der Waals surface area contributed by atoms with Crippen molar-refractivity contribution in [2.24, 2.45) is 0 Å². The summed E-state index contributed by atoms with van der Waals surface area (Å²) in [6.07, 6.45) is 4.61. The second-order valence-corrected chi connectivity index (χ2v) is 9.03. The van der Waals surface area contributed by atoms with Crippen LogP contribution >= 0.6 is 22.9 Å². The molecule has 1 fully saturated rings. The third-order valence-corrected chi connectivity index (χ3v) is 6.81. The van der Waals surface area contributed by atoms with Gasteiger partial charge in [-0.1, -0.05) is 11.6 Å². The van der Waals surface area contributed by atoms with Crippen molar-refractivity contribution in [2.75, 3.05) is 0 Å². The maximum atomic E-state index is 6.22. The van der Waals surface area contributed by atoms with Gasteiger partial charge in [0, 0.05) is 28.8 Å². The van der Waals surface area contributed by atoms with E-state index >= 15 is 0 Å². The minimum atomic E-state index is 0.448. The normalized spacial score (nSPS) is 22.1. The van der Waals surface area contributed by atoms with Crippen molar-refractivity contribution < 1.29 is 0 Å². The van der Waals surface area contributed by atoms with Crippen LogP contribution in [0, 0.1) is 6.92 Å². The standard InChI is InChI=1S/C20H22ClN5S/c1-12-23-17(11-27-12)13-2-4-14(5-3-13)20-25-24-19-10-22-9-15-8-16(21)6-7-18(15)26(19)20/h6-8,11,13-14,22H,2-5,9-10H2,1H3. The van der Waals surface area contributed by atoms with E-state index < -0.39 is 0 Å². The number of nitrogens with one attached hydrogen (secondary N) is 1. The summed E-state index contributed by atoms with van der Waals surface area (Å²) >= 11 is 7.98. The molecule has 0 radical (unpaired) electrons. The molecule has 3 aromatic rings. The Morgan fingerprint density at radius 2 is 1.93 bits per heavy atom. The van der Waals surface area contributed by atoms with Gasteiger partial charge in [0.1, 0.15) is 5.82 Å². The van der Waals surface area contributed by atoms with E-state index in [9.17, 15) is 0 Å². The van der Waals surface area contributed by atoms with Crippen LogP contribution < -0.4 is 5.32 Å². The number of hydrogen-bond donors (Lipinski definition) is 1. The van der Waals surface area contributed by atoms with Crippen LogP contribution in [0.25, 0.3) is 5.69 Å². The molecule has 0 spiro atoms. The zero-order chi connectivity index (χ0) is 18.4. The summed E-state index contributed by atoms with van der Waals surface area (Å²) < 4.78 is 2.27. The van der Waals surface area contributed by atoms with Gasteiger partial charge in [-0.05, 0) is 56.4 Å². The highest BCUT2D eigenvalue weighted by Crippen LogP contribution is 2.41. The minimum Gasteiger partial charge on any atom is -0.306 e. The molecular formula is C20H22ClN5S. The number of thiazole rings is 1. The maximum absolute atomic E-state index is 6.22. The molecule has 5 rings (SSSR count). The van der Waals surface area contributed by atoms with Crippen molar-refractivity contribution in [3.63, 3.8) is 0 Å². The molecular weight excluding hydrogens is 378 g/mol. The van der Waals surface area contributed by atoms with Crippen LogP contribution in [0.1, 0.15) is 65.4 Å². The minimum absolute atomic E-state index is 0.448. The van der Waals surface area contributed by atoms with Crippen molar-refractivity contribution in [2.45, 2.75) is 57.5 Å². The zero-order valence-electron chi connectivity index (χ0n) is 15.3. The van der Waals surface area contributed by atoms with Crippen LogP contribution in [0.2, 0.25) is 5.02 Å². The lowest BCUT2D eigenvalue weighted by molar-refractivity contribution is 0.378. The highest BCUT2D eigenvalue weighted by Gasteiger charge is 2.30. The van der Waals surface area contributed by atoms with Crippen LogP contribution in [0.3, 0.4) is 0 Å². The van der Waals surface area contributed by atoms with Crippen LogP contribution in [0.5, 0.6) is 0 Å². The first-order valence-electron chi connectivity index (χ1n) is 9.55. The van der Waals surface area contributed by atoms with E-state index in [2.05, 4.69) is 38.5 Å². The Morgan fingerprint density at radius 1 is 1.11 bits per heavy atom. The van der Waals surface area contributed by atoms with E-state index in [4.69, 9.17) is 16.6 Å². The average Bonchev–Trinajstić information content (AvgIpc) is 3.25. The molecule has 140 valence electrons. The zero-order valence-corrected chi connectivity index (χ0v) is 16.9. The molecule has 1 aromatic carbocycles. The molecule has 2 aromatic heterocycles. The van der Waals surface area contributed by atoms with Crippen LogP contribution in [0.4, 0.5) is 0 Å². The van der Waals surface area contributed by atoms with E-state index in [0.29, 0.717) is 11.8 Å². The van der Waals surface area contributed by atoms with Crippen molar-refractivity contribution in [1.29, 1.82) is 0 Å². The molecule has 0 atom stereocenters. The fourth-order valence-corrected chi connectivity index (χ4v) is 5.30. The number of halogens is 1. The Bertz CT molecular complexity index is 971. The van der Waals surface area contributed by atoms with Crippen molar-refractivity contribution >= 4 is 22.9 Å². The predicted octanol–water partition coefficient (Wildman–Crippen LogP) is 4.73. The quantitative estimate of drug-likeness (QED) is 0.676. The average molecular weight is 400 g/mol. The Kier molecular flexibility index (Phi) is 4.50. The van der Waals surface area contributed by atoms with Gasteiger partial charge < -0.3 is 5.32 Å². The molecule has 0 bridgehead atoms. The van der Waals surface area contributed by atoms with Gasteiger partial charge in [-0.2, -0.15) is 0 Å².